The maximum atomic E-state index is 11.1. The lowest BCUT2D eigenvalue weighted by molar-refractivity contribution is 0.137. The third-order valence-electron chi connectivity index (χ3n) is 4.00. The Bertz CT molecular complexity index is 551. The van der Waals surface area contributed by atoms with Gasteiger partial charge in [-0.25, -0.2) is 14.8 Å². The van der Waals surface area contributed by atoms with Gasteiger partial charge in [0, 0.05) is 25.1 Å². The van der Waals surface area contributed by atoms with E-state index in [9.17, 15) is 4.79 Å². The number of amides is 1. The first-order valence-corrected chi connectivity index (χ1v) is 7.84. The predicted octanol–water partition coefficient (Wildman–Crippen LogP) is 2.15. The van der Waals surface area contributed by atoms with Gasteiger partial charge in [0.2, 0.25) is 0 Å². The van der Waals surface area contributed by atoms with Crippen LogP contribution in [0.5, 0.6) is 0 Å². The maximum absolute atomic E-state index is 11.1. The van der Waals surface area contributed by atoms with E-state index < -0.39 is 6.09 Å². The molecule has 2 bridgehead atoms. The number of hydrogen-bond donors (Lipinski definition) is 1. The van der Waals surface area contributed by atoms with Crippen LogP contribution in [0, 0.1) is 3.70 Å². The molecule has 6 nitrogen and oxygen atoms in total. The Morgan fingerprint density at radius 2 is 2.15 bits per heavy atom. The van der Waals surface area contributed by atoms with E-state index in [4.69, 9.17) is 5.11 Å². The van der Waals surface area contributed by atoms with Gasteiger partial charge in [-0.2, -0.15) is 0 Å². The molecule has 3 heterocycles. The Hall–Kier alpha value is -1.12. The molecule has 1 aromatic rings. The fraction of sp³-hybridized carbons (Fsp3) is 0.615. The molecule has 2 atom stereocenters. The minimum absolute atomic E-state index is 0.104. The predicted molar refractivity (Wildman–Crippen MR) is 83.1 cm³/mol. The lowest BCUT2D eigenvalue weighted by atomic mass is 10.2. The molecule has 1 N–H and O–H groups in total. The van der Waals surface area contributed by atoms with Gasteiger partial charge in [-0.05, 0) is 29.0 Å². The van der Waals surface area contributed by atoms with Gasteiger partial charge in [0.05, 0.1) is 12.1 Å². The number of likely N-dealkylation sites (tertiary alicyclic amines) is 1. The Morgan fingerprint density at radius 3 is 2.70 bits per heavy atom. The molecule has 0 spiro atoms. The first-order chi connectivity index (χ1) is 9.45. The van der Waals surface area contributed by atoms with Crippen LogP contribution in [-0.4, -0.2) is 51.2 Å². The van der Waals surface area contributed by atoms with Gasteiger partial charge >= 0.3 is 6.09 Å². The van der Waals surface area contributed by atoms with Crippen LogP contribution in [0.25, 0.3) is 0 Å². The quantitative estimate of drug-likeness (QED) is 0.621. The number of carbonyl (C=O) groups is 1. The van der Waals surface area contributed by atoms with Crippen LogP contribution in [0.1, 0.15) is 32.0 Å². The summed E-state index contributed by atoms with van der Waals surface area (Å²) in [6, 6.07) is 2.34. The topological polar surface area (TPSA) is 69.6 Å². The van der Waals surface area contributed by atoms with Crippen molar-refractivity contribution < 1.29 is 9.90 Å². The van der Waals surface area contributed by atoms with Gasteiger partial charge < -0.3 is 14.9 Å². The van der Waals surface area contributed by atoms with Crippen molar-refractivity contribution in [1.82, 2.24) is 14.9 Å². The van der Waals surface area contributed by atoms with Gasteiger partial charge in [0.25, 0.3) is 0 Å². The highest BCUT2D eigenvalue weighted by molar-refractivity contribution is 14.1. The molecule has 0 aromatic carbocycles. The van der Waals surface area contributed by atoms with Crippen molar-refractivity contribution in [3.63, 3.8) is 0 Å². The zero-order valence-electron chi connectivity index (χ0n) is 11.5. The molecule has 7 heteroatoms. The fourth-order valence-electron chi connectivity index (χ4n) is 3.01. The Labute approximate surface area is 131 Å². The summed E-state index contributed by atoms with van der Waals surface area (Å²) >= 11 is 2.21. The molecule has 0 radical (unpaired) electrons. The molecule has 108 valence electrons. The zero-order valence-corrected chi connectivity index (χ0v) is 13.6. The second kappa shape index (κ2) is 5.01. The van der Waals surface area contributed by atoms with Gasteiger partial charge in [-0.15, -0.1) is 0 Å². The third-order valence-corrected chi connectivity index (χ3v) is 4.55. The summed E-state index contributed by atoms with van der Waals surface area (Å²) in [6.07, 6.45) is 0.0986. The Kier molecular flexibility index (Phi) is 3.47. The average molecular weight is 388 g/mol. The average Bonchev–Trinajstić information content (AvgIpc) is 2.97. The number of carboxylic acid groups (broad SMARTS) is 1. The number of piperazine rings is 1. The van der Waals surface area contributed by atoms with Crippen molar-refractivity contribution in [1.29, 1.82) is 0 Å². The SMILES string of the molecule is CC(C)c1nc(I)cc(N2C[C@@H]3C[C@H]2CN3C(=O)O)n1. The van der Waals surface area contributed by atoms with Crippen molar-refractivity contribution in [2.75, 3.05) is 18.0 Å². The number of halogens is 1. The molecule has 2 aliphatic rings. The molecular formula is C13H17IN4O2. The number of rotatable bonds is 2. The molecule has 1 amide bonds. The molecule has 0 aliphatic carbocycles. The number of fused-ring (bicyclic) bond motifs is 2. The highest BCUT2D eigenvalue weighted by Gasteiger charge is 2.46. The molecular weight excluding hydrogens is 371 g/mol. The minimum atomic E-state index is -0.808. The van der Waals surface area contributed by atoms with E-state index in [1.807, 2.05) is 6.07 Å². The molecule has 1 aromatic heterocycles. The first-order valence-electron chi connectivity index (χ1n) is 6.76. The zero-order chi connectivity index (χ0) is 14.4. The number of aromatic nitrogens is 2. The molecule has 2 saturated heterocycles. The fourth-order valence-corrected chi connectivity index (χ4v) is 3.54. The van der Waals surface area contributed by atoms with E-state index >= 15 is 0 Å². The van der Waals surface area contributed by atoms with E-state index in [1.165, 1.54) is 0 Å². The number of hydrogen-bond acceptors (Lipinski definition) is 4. The molecule has 3 rings (SSSR count). The van der Waals surface area contributed by atoms with Crippen LogP contribution in [0.2, 0.25) is 0 Å². The van der Waals surface area contributed by atoms with E-state index in [1.54, 1.807) is 4.90 Å². The van der Waals surface area contributed by atoms with Crippen LogP contribution < -0.4 is 4.90 Å². The van der Waals surface area contributed by atoms with Gasteiger partial charge in [-0.3, -0.25) is 0 Å². The minimum Gasteiger partial charge on any atom is -0.465 e. The summed E-state index contributed by atoms with van der Waals surface area (Å²) in [7, 11) is 0. The Balaban J connectivity index is 1.84. The normalized spacial score (nSPS) is 24.8. The second-order valence-corrected chi connectivity index (χ2v) is 6.80. The van der Waals surface area contributed by atoms with Gasteiger partial charge in [0.15, 0.2) is 0 Å². The molecule has 2 aliphatic heterocycles. The Morgan fingerprint density at radius 1 is 1.40 bits per heavy atom. The van der Waals surface area contributed by atoms with E-state index in [2.05, 4.69) is 51.3 Å². The van der Waals surface area contributed by atoms with Gasteiger partial charge in [-0.1, -0.05) is 13.8 Å². The lowest BCUT2D eigenvalue weighted by Gasteiger charge is -2.33. The second-order valence-electron chi connectivity index (χ2n) is 5.69. The largest absolute Gasteiger partial charge is 0.465 e. The van der Waals surface area contributed by atoms with Crippen molar-refractivity contribution in [3.8, 4) is 0 Å². The van der Waals surface area contributed by atoms with Crippen molar-refractivity contribution in [2.24, 2.45) is 0 Å². The summed E-state index contributed by atoms with van der Waals surface area (Å²) in [4.78, 5) is 24.0. The summed E-state index contributed by atoms with van der Waals surface area (Å²) in [6.45, 7) is 5.48. The molecule has 20 heavy (non-hydrogen) atoms. The van der Waals surface area contributed by atoms with Crippen LogP contribution in [0.3, 0.4) is 0 Å². The monoisotopic (exact) mass is 388 g/mol. The van der Waals surface area contributed by atoms with Crippen molar-refractivity contribution in [3.05, 3.63) is 15.6 Å². The van der Waals surface area contributed by atoms with Crippen molar-refractivity contribution in [2.45, 2.75) is 38.3 Å². The van der Waals surface area contributed by atoms with E-state index in [0.29, 0.717) is 12.5 Å². The van der Waals surface area contributed by atoms with Crippen LogP contribution in [0.4, 0.5) is 10.6 Å². The van der Waals surface area contributed by atoms with Crippen molar-refractivity contribution >= 4 is 34.5 Å². The number of nitrogens with zero attached hydrogens (tertiary/aromatic N) is 4. The highest BCUT2D eigenvalue weighted by Crippen LogP contribution is 2.34. The van der Waals surface area contributed by atoms with E-state index in [0.717, 1.165) is 28.3 Å². The summed E-state index contributed by atoms with van der Waals surface area (Å²) in [5.41, 5.74) is 0. The first kappa shape index (κ1) is 13.8. The van der Waals surface area contributed by atoms with Crippen LogP contribution >= 0.6 is 22.6 Å². The highest BCUT2D eigenvalue weighted by atomic mass is 127. The molecule has 0 saturated carbocycles. The number of anilines is 1. The van der Waals surface area contributed by atoms with Crippen LogP contribution in [-0.2, 0) is 0 Å². The summed E-state index contributed by atoms with van der Waals surface area (Å²) < 4.78 is 0.939. The summed E-state index contributed by atoms with van der Waals surface area (Å²) in [5.74, 6) is 2.08. The van der Waals surface area contributed by atoms with Crippen LogP contribution in [0.15, 0.2) is 6.07 Å². The summed E-state index contributed by atoms with van der Waals surface area (Å²) in [5, 5.41) is 9.13. The third kappa shape index (κ3) is 2.32. The lowest BCUT2D eigenvalue weighted by Crippen LogP contribution is -2.48. The smallest absolute Gasteiger partial charge is 0.407 e. The van der Waals surface area contributed by atoms with E-state index in [-0.39, 0.29) is 12.1 Å². The standard InChI is InChI=1S/C13H17IN4O2/c1-7(2)12-15-10(14)4-11(16-12)17-5-9-3-8(17)6-18(9)13(19)20/h4,7-9H,3,5-6H2,1-2H3,(H,19,20)/t8-,9-/m0/s1. The maximum Gasteiger partial charge on any atom is 0.407 e. The van der Waals surface area contributed by atoms with Gasteiger partial charge in [0.1, 0.15) is 15.3 Å². The molecule has 0 unspecified atom stereocenters. The molecule has 2 fully saturated rings.